The van der Waals surface area contributed by atoms with Gasteiger partial charge in [0, 0.05) is 18.3 Å². The van der Waals surface area contributed by atoms with Gasteiger partial charge in [0.15, 0.2) is 5.78 Å². The molecule has 0 unspecified atom stereocenters. The molecule has 0 aromatic carbocycles. The Morgan fingerprint density at radius 3 is 2.61 bits per heavy atom. The van der Waals surface area contributed by atoms with Crippen LogP contribution >= 0.6 is 0 Å². The number of hydrogen-bond acceptors (Lipinski definition) is 3. The standard InChI is InChI=1S/C19H24O4/c1-18-8-7-15-13(14(18)4-5-16(18)21)3-2-11-10-12(20)6-9-19(11,15)17(22)23/h10,13-15H,2-9H2,1H3,(H,22,23)/t13-,14-,15-,18-,19+/m0/s1. The third kappa shape index (κ3) is 1.81. The van der Waals surface area contributed by atoms with E-state index >= 15 is 0 Å². The first-order valence-corrected chi connectivity index (χ1v) is 8.90. The van der Waals surface area contributed by atoms with Crippen molar-refractivity contribution in [3.05, 3.63) is 11.6 Å². The van der Waals surface area contributed by atoms with Gasteiger partial charge in [0.25, 0.3) is 0 Å². The highest BCUT2D eigenvalue weighted by Crippen LogP contribution is 2.64. The highest BCUT2D eigenvalue weighted by atomic mass is 16.4. The van der Waals surface area contributed by atoms with Crippen LogP contribution in [0.3, 0.4) is 0 Å². The monoisotopic (exact) mass is 316 g/mol. The number of aliphatic carboxylic acids is 1. The lowest BCUT2D eigenvalue weighted by Gasteiger charge is -2.55. The number of Topliss-reactive ketones (excluding diaryl/α,β-unsaturated/α-hetero) is 1. The second-order valence-electron chi connectivity index (χ2n) is 8.25. The third-order valence-electron chi connectivity index (χ3n) is 7.58. The predicted molar refractivity (Wildman–Crippen MR) is 83.7 cm³/mol. The molecule has 4 heteroatoms. The zero-order valence-corrected chi connectivity index (χ0v) is 13.6. The minimum atomic E-state index is -0.843. The third-order valence-corrected chi connectivity index (χ3v) is 7.58. The van der Waals surface area contributed by atoms with Crippen LogP contribution in [0, 0.1) is 28.6 Å². The van der Waals surface area contributed by atoms with E-state index in [4.69, 9.17) is 0 Å². The second kappa shape index (κ2) is 4.78. The van der Waals surface area contributed by atoms with Crippen molar-refractivity contribution in [2.75, 3.05) is 0 Å². The van der Waals surface area contributed by atoms with E-state index in [0.717, 1.165) is 31.3 Å². The van der Waals surface area contributed by atoms with Gasteiger partial charge in [-0.15, -0.1) is 0 Å². The van der Waals surface area contributed by atoms with E-state index in [9.17, 15) is 19.5 Å². The maximum atomic E-state index is 12.4. The van der Waals surface area contributed by atoms with Crippen molar-refractivity contribution in [2.45, 2.75) is 58.3 Å². The quantitative estimate of drug-likeness (QED) is 0.806. The van der Waals surface area contributed by atoms with Gasteiger partial charge in [-0.2, -0.15) is 0 Å². The molecule has 3 saturated carbocycles. The van der Waals surface area contributed by atoms with Crippen LogP contribution in [-0.4, -0.2) is 22.6 Å². The van der Waals surface area contributed by atoms with E-state index in [2.05, 4.69) is 6.92 Å². The molecular formula is C19H24O4. The van der Waals surface area contributed by atoms with Crippen LogP contribution in [0.1, 0.15) is 58.3 Å². The van der Waals surface area contributed by atoms with Crippen LogP contribution in [0.4, 0.5) is 0 Å². The first kappa shape index (κ1) is 15.1. The van der Waals surface area contributed by atoms with Crippen LogP contribution in [-0.2, 0) is 14.4 Å². The molecule has 0 spiro atoms. The summed E-state index contributed by atoms with van der Waals surface area (Å²) in [7, 11) is 0. The van der Waals surface area contributed by atoms with E-state index in [1.807, 2.05) is 0 Å². The van der Waals surface area contributed by atoms with E-state index in [0.29, 0.717) is 43.3 Å². The average Bonchev–Trinajstić information content (AvgIpc) is 2.82. The number of hydrogen-bond donors (Lipinski definition) is 1. The lowest BCUT2D eigenvalue weighted by atomic mass is 9.47. The zero-order chi connectivity index (χ0) is 16.4. The molecule has 23 heavy (non-hydrogen) atoms. The first-order chi connectivity index (χ1) is 10.9. The molecule has 3 fully saturated rings. The molecule has 0 aliphatic heterocycles. The summed E-state index contributed by atoms with van der Waals surface area (Å²) in [6, 6.07) is 0. The van der Waals surface area contributed by atoms with Crippen molar-refractivity contribution < 1.29 is 19.5 Å². The van der Waals surface area contributed by atoms with Gasteiger partial charge in [0.1, 0.15) is 5.78 Å². The van der Waals surface area contributed by atoms with Gasteiger partial charge in [0.05, 0.1) is 5.41 Å². The molecule has 0 amide bonds. The highest BCUT2D eigenvalue weighted by Gasteiger charge is 2.62. The van der Waals surface area contributed by atoms with Crippen molar-refractivity contribution in [2.24, 2.45) is 28.6 Å². The number of carboxylic acids is 1. The molecule has 0 saturated heterocycles. The lowest BCUT2D eigenvalue weighted by Crippen LogP contribution is -2.54. The van der Waals surface area contributed by atoms with Crippen molar-refractivity contribution in [3.8, 4) is 0 Å². The van der Waals surface area contributed by atoms with E-state index in [1.54, 1.807) is 6.08 Å². The number of rotatable bonds is 1. The topological polar surface area (TPSA) is 71.4 Å². The molecule has 4 nitrogen and oxygen atoms in total. The molecule has 4 aliphatic carbocycles. The summed E-state index contributed by atoms with van der Waals surface area (Å²) in [6.45, 7) is 2.10. The molecular weight excluding hydrogens is 292 g/mol. The average molecular weight is 316 g/mol. The summed E-state index contributed by atoms with van der Waals surface area (Å²) in [5.74, 6) is 0.458. The Morgan fingerprint density at radius 1 is 1.09 bits per heavy atom. The van der Waals surface area contributed by atoms with Gasteiger partial charge in [-0.25, -0.2) is 0 Å². The minimum Gasteiger partial charge on any atom is -0.481 e. The molecule has 0 aromatic heterocycles. The van der Waals surface area contributed by atoms with Crippen LogP contribution < -0.4 is 0 Å². The van der Waals surface area contributed by atoms with Gasteiger partial charge >= 0.3 is 5.97 Å². The fourth-order valence-corrected chi connectivity index (χ4v) is 6.39. The van der Waals surface area contributed by atoms with Crippen molar-refractivity contribution >= 4 is 17.5 Å². The Hall–Kier alpha value is -1.45. The molecule has 0 heterocycles. The Kier molecular flexibility index (Phi) is 3.14. The Morgan fingerprint density at radius 2 is 1.87 bits per heavy atom. The van der Waals surface area contributed by atoms with Crippen molar-refractivity contribution in [1.29, 1.82) is 0 Å². The van der Waals surface area contributed by atoms with Crippen molar-refractivity contribution in [3.63, 3.8) is 0 Å². The van der Waals surface area contributed by atoms with Crippen LogP contribution in [0.25, 0.3) is 0 Å². The van der Waals surface area contributed by atoms with E-state index in [-0.39, 0.29) is 17.1 Å². The zero-order valence-electron chi connectivity index (χ0n) is 13.6. The number of ketones is 2. The van der Waals surface area contributed by atoms with Gasteiger partial charge in [0.2, 0.25) is 0 Å². The molecule has 0 radical (unpaired) electrons. The normalized spacial score (nSPS) is 45.8. The Bertz CT molecular complexity index is 633. The second-order valence-corrected chi connectivity index (χ2v) is 8.25. The van der Waals surface area contributed by atoms with Crippen molar-refractivity contribution in [1.82, 2.24) is 0 Å². The number of carbonyl (C=O) groups is 3. The Labute approximate surface area is 136 Å². The lowest BCUT2D eigenvalue weighted by molar-refractivity contribution is -0.159. The molecule has 4 aliphatic rings. The van der Waals surface area contributed by atoms with Crippen LogP contribution in [0.2, 0.25) is 0 Å². The van der Waals surface area contributed by atoms with Gasteiger partial charge < -0.3 is 5.11 Å². The minimum absolute atomic E-state index is 0.0759. The molecule has 124 valence electrons. The first-order valence-electron chi connectivity index (χ1n) is 8.90. The fourth-order valence-electron chi connectivity index (χ4n) is 6.39. The van der Waals surface area contributed by atoms with Gasteiger partial charge in [-0.05, 0) is 67.9 Å². The maximum Gasteiger partial charge on any atom is 0.314 e. The smallest absolute Gasteiger partial charge is 0.314 e. The molecule has 5 atom stereocenters. The Balaban J connectivity index is 1.77. The predicted octanol–water partition coefficient (Wildman–Crippen LogP) is 3.15. The molecule has 0 aromatic rings. The van der Waals surface area contributed by atoms with Crippen LogP contribution in [0.15, 0.2) is 11.6 Å². The summed E-state index contributed by atoms with van der Waals surface area (Å²) >= 11 is 0. The largest absolute Gasteiger partial charge is 0.481 e. The van der Waals surface area contributed by atoms with E-state index < -0.39 is 11.4 Å². The SMILES string of the molecule is C[C@]12CC[C@H]3[C@@H](CCC4=CC(=O)CC[C@@]43C(=O)O)[C@@H]1CCC2=O. The molecule has 4 rings (SSSR count). The number of carboxylic acid groups (broad SMARTS) is 1. The summed E-state index contributed by atoms with van der Waals surface area (Å²) < 4.78 is 0. The fraction of sp³-hybridized carbons (Fsp3) is 0.737. The number of carbonyl (C=O) groups excluding carboxylic acids is 2. The van der Waals surface area contributed by atoms with Gasteiger partial charge in [-0.1, -0.05) is 6.92 Å². The highest BCUT2D eigenvalue weighted by molar-refractivity contribution is 5.95. The summed E-state index contributed by atoms with van der Waals surface area (Å²) in [4.78, 5) is 36.5. The summed E-state index contributed by atoms with van der Waals surface area (Å²) in [5.41, 5.74) is -0.216. The number of fused-ring (bicyclic) bond motifs is 5. The summed E-state index contributed by atoms with van der Waals surface area (Å²) in [5, 5.41) is 10.1. The summed E-state index contributed by atoms with van der Waals surface area (Å²) in [6.07, 6.45) is 7.27. The maximum absolute atomic E-state index is 12.4. The van der Waals surface area contributed by atoms with Crippen LogP contribution in [0.5, 0.6) is 0 Å². The molecule has 1 N–H and O–H groups in total. The molecule has 0 bridgehead atoms. The van der Waals surface area contributed by atoms with E-state index in [1.165, 1.54) is 0 Å². The van der Waals surface area contributed by atoms with Gasteiger partial charge in [-0.3, -0.25) is 14.4 Å².